The van der Waals surface area contributed by atoms with Crippen molar-refractivity contribution >= 4 is 5.91 Å². The van der Waals surface area contributed by atoms with Gasteiger partial charge in [0.25, 0.3) is 0 Å². The van der Waals surface area contributed by atoms with Crippen LogP contribution in [0.25, 0.3) is 0 Å². The van der Waals surface area contributed by atoms with Gasteiger partial charge in [0.1, 0.15) is 11.9 Å². The van der Waals surface area contributed by atoms with Crippen LogP contribution < -0.4 is 4.74 Å². The molecule has 1 atom stereocenters. The topological polar surface area (TPSA) is 54.9 Å². The minimum absolute atomic E-state index is 0.0925. The Bertz CT molecular complexity index is 798. The van der Waals surface area contributed by atoms with E-state index in [4.69, 9.17) is 9.47 Å². The number of carbonyl (C=O) groups excluding carboxylic acids is 1. The number of hydrogen-bond donors (Lipinski definition) is 0. The van der Waals surface area contributed by atoms with Crippen molar-refractivity contribution in [1.82, 2.24) is 14.8 Å². The zero-order valence-corrected chi connectivity index (χ0v) is 17.7. The van der Waals surface area contributed by atoms with E-state index in [-0.39, 0.29) is 17.9 Å². The normalized spacial score (nSPS) is 20.2. The van der Waals surface area contributed by atoms with Gasteiger partial charge in [-0.2, -0.15) is 0 Å². The van der Waals surface area contributed by atoms with Crippen LogP contribution in [0.3, 0.4) is 0 Å². The highest BCUT2D eigenvalue weighted by atomic mass is 16.5. The van der Waals surface area contributed by atoms with Gasteiger partial charge in [0.05, 0.1) is 25.5 Å². The molecule has 4 rings (SSSR count). The summed E-state index contributed by atoms with van der Waals surface area (Å²) < 4.78 is 11.3. The van der Waals surface area contributed by atoms with E-state index in [9.17, 15) is 4.79 Å². The lowest BCUT2D eigenvalue weighted by molar-refractivity contribution is -0.138. The number of hydrogen-bond acceptors (Lipinski definition) is 5. The first kappa shape index (κ1) is 20.8. The van der Waals surface area contributed by atoms with Gasteiger partial charge in [-0.25, -0.2) is 0 Å². The van der Waals surface area contributed by atoms with Crippen molar-refractivity contribution in [2.24, 2.45) is 5.92 Å². The van der Waals surface area contributed by atoms with Crippen molar-refractivity contribution < 1.29 is 14.3 Å². The second kappa shape index (κ2) is 10.0. The van der Waals surface area contributed by atoms with Crippen molar-refractivity contribution in [3.05, 3.63) is 59.9 Å². The van der Waals surface area contributed by atoms with E-state index in [2.05, 4.69) is 29.1 Å². The summed E-state index contributed by atoms with van der Waals surface area (Å²) in [5, 5.41) is 0. The molecule has 0 aliphatic carbocycles. The standard InChI is InChI=1S/C24H31N3O3/c1-26-13-9-20(10-14-26)24(28)27(17-21-4-2-3-12-25-21)16-19-5-7-22(8-6-19)30-23-11-15-29-18-23/h2-8,12,20,23H,9-11,13-18H2,1H3. The Labute approximate surface area is 178 Å². The lowest BCUT2D eigenvalue weighted by atomic mass is 9.95. The third-order valence-electron chi connectivity index (χ3n) is 5.95. The summed E-state index contributed by atoms with van der Waals surface area (Å²) in [6.45, 7) is 4.49. The van der Waals surface area contributed by atoms with Crippen molar-refractivity contribution in [2.75, 3.05) is 33.4 Å². The number of carbonyl (C=O) groups is 1. The predicted octanol–water partition coefficient (Wildman–Crippen LogP) is 3.12. The fraction of sp³-hybridized carbons (Fsp3) is 0.500. The zero-order valence-electron chi connectivity index (χ0n) is 17.7. The summed E-state index contributed by atoms with van der Waals surface area (Å²) in [6, 6.07) is 14.0. The third-order valence-corrected chi connectivity index (χ3v) is 5.95. The van der Waals surface area contributed by atoms with Gasteiger partial charge in [-0.05, 0) is 62.8 Å². The molecule has 6 nitrogen and oxygen atoms in total. The molecule has 0 bridgehead atoms. The van der Waals surface area contributed by atoms with Crippen LogP contribution in [-0.2, 0) is 22.6 Å². The molecule has 0 spiro atoms. The minimum atomic E-state index is 0.0925. The molecule has 1 aromatic heterocycles. The van der Waals surface area contributed by atoms with Crippen molar-refractivity contribution in [3.63, 3.8) is 0 Å². The number of nitrogens with zero attached hydrogens (tertiary/aromatic N) is 3. The number of pyridine rings is 1. The molecular formula is C24H31N3O3. The van der Waals surface area contributed by atoms with E-state index >= 15 is 0 Å². The number of ether oxygens (including phenoxy) is 2. The monoisotopic (exact) mass is 409 g/mol. The Morgan fingerprint density at radius 1 is 1.13 bits per heavy atom. The second-order valence-corrected chi connectivity index (χ2v) is 8.34. The van der Waals surface area contributed by atoms with Crippen LogP contribution >= 0.6 is 0 Å². The maximum Gasteiger partial charge on any atom is 0.226 e. The third kappa shape index (κ3) is 5.58. The van der Waals surface area contributed by atoms with Crippen molar-refractivity contribution in [2.45, 2.75) is 38.5 Å². The molecule has 3 heterocycles. The van der Waals surface area contributed by atoms with Crippen molar-refractivity contribution in [3.8, 4) is 5.75 Å². The van der Waals surface area contributed by atoms with Crippen LogP contribution in [0, 0.1) is 5.92 Å². The highest BCUT2D eigenvalue weighted by Gasteiger charge is 2.28. The maximum atomic E-state index is 13.4. The van der Waals surface area contributed by atoms with E-state index in [0.29, 0.717) is 19.7 Å². The number of amides is 1. The maximum absolute atomic E-state index is 13.4. The summed E-state index contributed by atoms with van der Waals surface area (Å²) in [4.78, 5) is 22.0. The molecule has 6 heteroatoms. The first-order valence-corrected chi connectivity index (χ1v) is 10.9. The largest absolute Gasteiger partial charge is 0.488 e. The van der Waals surface area contributed by atoms with Gasteiger partial charge in [-0.15, -0.1) is 0 Å². The fourth-order valence-corrected chi connectivity index (χ4v) is 4.10. The van der Waals surface area contributed by atoms with Crippen LogP contribution in [0.4, 0.5) is 0 Å². The molecule has 1 unspecified atom stereocenters. The number of piperidine rings is 1. The quantitative estimate of drug-likeness (QED) is 0.703. The molecule has 30 heavy (non-hydrogen) atoms. The first-order chi connectivity index (χ1) is 14.7. The molecular weight excluding hydrogens is 378 g/mol. The summed E-state index contributed by atoms with van der Waals surface area (Å²) >= 11 is 0. The molecule has 0 radical (unpaired) electrons. The van der Waals surface area contributed by atoms with Crippen molar-refractivity contribution in [1.29, 1.82) is 0 Å². The zero-order chi connectivity index (χ0) is 20.8. The minimum Gasteiger partial charge on any atom is -0.488 e. The Kier molecular flexibility index (Phi) is 6.97. The van der Waals surface area contributed by atoms with Gasteiger partial charge in [-0.1, -0.05) is 18.2 Å². The molecule has 2 aliphatic rings. The number of rotatable bonds is 7. The summed E-state index contributed by atoms with van der Waals surface area (Å²) in [5.41, 5.74) is 2.02. The van der Waals surface area contributed by atoms with E-state index in [1.54, 1.807) is 6.20 Å². The van der Waals surface area contributed by atoms with Gasteiger partial charge >= 0.3 is 0 Å². The number of likely N-dealkylation sites (tertiary alicyclic amines) is 1. The van der Waals surface area contributed by atoms with Gasteiger partial charge < -0.3 is 19.3 Å². The molecule has 2 saturated heterocycles. The van der Waals surface area contributed by atoms with E-state index in [0.717, 1.165) is 56.0 Å². The molecule has 0 N–H and O–H groups in total. The van der Waals surface area contributed by atoms with Crippen LogP contribution in [-0.4, -0.2) is 60.1 Å². The Hall–Kier alpha value is -2.44. The number of benzene rings is 1. The first-order valence-electron chi connectivity index (χ1n) is 10.9. The Morgan fingerprint density at radius 2 is 1.93 bits per heavy atom. The lowest BCUT2D eigenvalue weighted by Crippen LogP contribution is -2.41. The highest BCUT2D eigenvalue weighted by Crippen LogP contribution is 2.23. The number of aromatic nitrogens is 1. The van der Waals surface area contributed by atoms with Gasteiger partial charge in [-0.3, -0.25) is 9.78 Å². The van der Waals surface area contributed by atoms with Crippen LogP contribution in [0.2, 0.25) is 0 Å². The fourth-order valence-electron chi connectivity index (χ4n) is 4.10. The Balaban J connectivity index is 1.44. The molecule has 1 amide bonds. The highest BCUT2D eigenvalue weighted by molar-refractivity contribution is 5.79. The average molecular weight is 410 g/mol. The predicted molar refractivity (Wildman–Crippen MR) is 115 cm³/mol. The van der Waals surface area contributed by atoms with E-state index in [1.165, 1.54) is 0 Å². The summed E-state index contributed by atoms with van der Waals surface area (Å²) in [7, 11) is 2.12. The van der Waals surface area contributed by atoms with E-state index < -0.39 is 0 Å². The molecule has 160 valence electrons. The second-order valence-electron chi connectivity index (χ2n) is 8.34. The van der Waals surface area contributed by atoms with Crippen LogP contribution in [0.1, 0.15) is 30.5 Å². The average Bonchev–Trinajstić information content (AvgIpc) is 3.28. The van der Waals surface area contributed by atoms with Crippen LogP contribution in [0.5, 0.6) is 5.75 Å². The molecule has 2 aliphatic heterocycles. The summed E-state index contributed by atoms with van der Waals surface area (Å²) in [5.74, 6) is 1.18. The molecule has 2 aromatic rings. The smallest absolute Gasteiger partial charge is 0.226 e. The van der Waals surface area contributed by atoms with Gasteiger partial charge in [0.15, 0.2) is 0 Å². The SMILES string of the molecule is CN1CCC(C(=O)N(Cc2ccc(OC3CCOC3)cc2)Cc2ccccn2)CC1. The van der Waals surface area contributed by atoms with Gasteiger partial charge in [0.2, 0.25) is 5.91 Å². The van der Waals surface area contributed by atoms with Gasteiger partial charge in [0, 0.05) is 25.1 Å². The van der Waals surface area contributed by atoms with E-state index in [1.807, 2.05) is 35.2 Å². The molecule has 2 fully saturated rings. The Morgan fingerprint density at radius 3 is 2.60 bits per heavy atom. The molecule has 1 aromatic carbocycles. The summed E-state index contributed by atoms with van der Waals surface area (Å²) in [6.07, 6.45) is 4.70. The lowest BCUT2D eigenvalue weighted by Gasteiger charge is -2.32. The van der Waals surface area contributed by atoms with Crippen LogP contribution in [0.15, 0.2) is 48.7 Å². The molecule has 0 saturated carbocycles.